The Kier molecular flexibility index (Phi) is 7.12. The van der Waals surface area contributed by atoms with Gasteiger partial charge in [-0.3, -0.25) is 4.79 Å². The molecule has 7 nitrogen and oxygen atoms in total. The summed E-state index contributed by atoms with van der Waals surface area (Å²) in [4.78, 5) is 23.1. The number of hydrogen-bond acceptors (Lipinski definition) is 5. The van der Waals surface area contributed by atoms with Crippen molar-refractivity contribution in [3.05, 3.63) is 23.2 Å². The summed E-state index contributed by atoms with van der Waals surface area (Å²) in [6.07, 6.45) is 0.0856. The van der Waals surface area contributed by atoms with Crippen LogP contribution in [0, 0.1) is 0 Å². The Morgan fingerprint density at radius 1 is 1.35 bits per heavy atom. The zero-order valence-corrected chi connectivity index (χ0v) is 14.1. The molecule has 0 saturated carbocycles. The summed E-state index contributed by atoms with van der Waals surface area (Å²) in [5, 5.41) is 15.2. The van der Waals surface area contributed by atoms with Gasteiger partial charge in [0.1, 0.15) is 5.75 Å². The van der Waals surface area contributed by atoms with Gasteiger partial charge in [0.15, 0.2) is 5.54 Å². The number of carboxylic acids is 1. The highest BCUT2D eigenvalue weighted by Crippen LogP contribution is 2.27. The number of ether oxygens (including phenoxy) is 2. The quantitative estimate of drug-likeness (QED) is 0.631. The fraction of sp³-hybridized carbons (Fsp3) is 0.467. The minimum atomic E-state index is -1.46. The standard InChI is InChI=1S/C15H21ClN2O5/c1-15(9-22-2,14(20)21)18-13(19)6-7-17-11-8-10(16)4-5-12(11)23-3/h4-5,8,17H,6-7,9H2,1-3H3,(H,18,19)(H,20,21). The zero-order chi connectivity index (χ0) is 17.5. The third kappa shape index (κ3) is 5.61. The largest absolute Gasteiger partial charge is 0.495 e. The third-order valence-corrected chi connectivity index (χ3v) is 3.38. The van der Waals surface area contributed by atoms with Crippen LogP contribution in [0.25, 0.3) is 0 Å². The van der Waals surface area contributed by atoms with Crippen LogP contribution in [0.4, 0.5) is 5.69 Å². The van der Waals surface area contributed by atoms with Crippen LogP contribution in [-0.4, -0.2) is 49.9 Å². The number of nitrogens with one attached hydrogen (secondary N) is 2. The number of carbonyl (C=O) groups excluding carboxylic acids is 1. The number of amides is 1. The van der Waals surface area contributed by atoms with Crippen LogP contribution < -0.4 is 15.4 Å². The number of carboxylic acid groups (broad SMARTS) is 1. The molecular formula is C15H21ClN2O5. The number of anilines is 1. The number of methoxy groups -OCH3 is 2. The van der Waals surface area contributed by atoms with Crippen LogP contribution in [0.2, 0.25) is 5.02 Å². The van der Waals surface area contributed by atoms with Gasteiger partial charge in [-0.15, -0.1) is 0 Å². The maximum absolute atomic E-state index is 11.9. The Balaban J connectivity index is 2.57. The molecule has 128 valence electrons. The topological polar surface area (TPSA) is 96.9 Å². The summed E-state index contributed by atoms with van der Waals surface area (Å²) in [6.45, 7) is 1.57. The van der Waals surface area contributed by atoms with Crippen LogP contribution >= 0.6 is 11.6 Å². The van der Waals surface area contributed by atoms with Gasteiger partial charge in [-0.05, 0) is 25.1 Å². The van der Waals surface area contributed by atoms with E-state index in [9.17, 15) is 14.7 Å². The Bertz CT molecular complexity index is 567. The lowest BCUT2D eigenvalue weighted by atomic mass is 10.0. The molecule has 8 heteroatoms. The van der Waals surface area contributed by atoms with Crippen molar-refractivity contribution in [1.29, 1.82) is 0 Å². The fourth-order valence-corrected chi connectivity index (χ4v) is 2.11. The number of rotatable bonds is 9. The highest BCUT2D eigenvalue weighted by molar-refractivity contribution is 6.30. The number of benzene rings is 1. The van der Waals surface area contributed by atoms with Gasteiger partial charge in [0.05, 0.1) is 19.4 Å². The molecule has 0 spiro atoms. The summed E-state index contributed by atoms with van der Waals surface area (Å²) >= 11 is 5.92. The fourth-order valence-electron chi connectivity index (χ4n) is 1.94. The van der Waals surface area contributed by atoms with Crippen LogP contribution in [0.15, 0.2) is 18.2 Å². The molecule has 0 saturated heterocycles. The second kappa shape index (κ2) is 8.59. The van der Waals surface area contributed by atoms with Gasteiger partial charge in [-0.1, -0.05) is 11.6 Å². The molecule has 1 atom stereocenters. The molecule has 0 aliphatic carbocycles. The van der Waals surface area contributed by atoms with Crippen LogP contribution in [0.5, 0.6) is 5.75 Å². The van der Waals surface area contributed by atoms with Gasteiger partial charge in [-0.2, -0.15) is 0 Å². The Morgan fingerprint density at radius 2 is 2.04 bits per heavy atom. The number of aliphatic carboxylic acids is 1. The van der Waals surface area contributed by atoms with Gasteiger partial charge in [0.2, 0.25) is 5.91 Å². The van der Waals surface area contributed by atoms with Crippen molar-refractivity contribution in [2.75, 3.05) is 32.7 Å². The SMILES string of the molecule is COCC(C)(NC(=O)CCNc1cc(Cl)ccc1OC)C(=O)O. The zero-order valence-electron chi connectivity index (χ0n) is 13.3. The van der Waals surface area contributed by atoms with Crippen molar-refractivity contribution in [2.24, 2.45) is 0 Å². The second-order valence-electron chi connectivity index (χ2n) is 5.14. The summed E-state index contributed by atoms with van der Waals surface area (Å²) in [5.41, 5.74) is -0.801. The lowest BCUT2D eigenvalue weighted by Gasteiger charge is -2.25. The summed E-state index contributed by atoms with van der Waals surface area (Å²) < 4.78 is 10.0. The molecule has 0 aliphatic heterocycles. The molecule has 0 radical (unpaired) electrons. The number of carbonyl (C=O) groups is 2. The maximum atomic E-state index is 11.9. The van der Waals surface area contributed by atoms with Gasteiger partial charge in [-0.25, -0.2) is 4.79 Å². The van der Waals surface area contributed by atoms with Crippen molar-refractivity contribution in [3.63, 3.8) is 0 Å². The molecule has 0 aliphatic rings. The third-order valence-electron chi connectivity index (χ3n) is 3.15. The summed E-state index contributed by atoms with van der Waals surface area (Å²) in [6, 6.07) is 5.09. The molecule has 3 N–H and O–H groups in total. The first-order valence-corrected chi connectivity index (χ1v) is 7.31. The van der Waals surface area contributed by atoms with E-state index in [-0.39, 0.29) is 13.0 Å². The van der Waals surface area contributed by atoms with Gasteiger partial charge < -0.3 is 25.2 Å². The van der Waals surface area contributed by atoms with Crippen LogP contribution in [0.1, 0.15) is 13.3 Å². The predicted molar refractivity (Wildman–Crippen MR) is 87.2 cm³/mol. The van der Waals surface area contributed by atoms with Crippen LogP contribution in [-0.2, 0) is 14.3 Å². The molecule has 0 fully saturated rings. The summed E-state index contributed by atoms with van der Waals surface area (Å²) in [7, 11) is 2.91. The van der Waals surface area contributed by atoms with Crippen molar-refractivity contribution in [2.45, 2.75) is 18.9 Å². The summed E-state index contributed by atoms with van der Waals surface area (Å²) in [5.74, 6) is -0.956. The van der Waals surface area contributed by atoms with E-state index in [0.29, 0.717) is 23.0 Å². The van der Waals surface area contributed by atoms with E-state index in [1.54, 1.807) is 18.2 Å². The molecule has 0 bridgehead atoms. The average molecular weight is 345 g/mol. The van der Waals surface area contributed by atoms with E-state index in [4.69, 9.17) is 21.1 Å². The first-order chi connectivity index (χ1) is 10.8. The number of hydrogen-bond donors (Lipinski definition) is 3. The van der Waals surface area contributed by atoms with Gasteiger partial charge in [0.25, 0.3) is 0 Å². The maximum Gasteiger partial charge on any atom is 0.331 e. The highest BCUT2D eigenvalue weighted by atomic mass is 35.5. The molecule has 1 aromatic carbocycles. The Labute approximate surface area is 139 Å². The molecule has 0 heterocycles. The second-order valence-corrected chi connectivity index (χ2v) is 5.58. The van der Waals surface area contributed by atoms with Crippen molar-refractivity contribution >= 4 is 29.2 Å². The minimum Gasteiger partial charge on any atom is -0.495 e. The van der Waals surface area contributed by atoms with Gasteiger partial charge >= 0.3 is 5.97 Å². The minimum absolute atomic E-state index is 0.0856. The van der Waals surface area contributed by atoms with E-state index < -0.39 is 17.4 Å². The molecule has 0 aromatic heterocycles. The molecule has 1 unspecified atom stereocenters. The average Bonchev–Trinajstić information content (AvgIpc) is 2.47. The molecule has 1 amide bonds. The normalized spacial score (nSPS) is 13.0. The monoisotopic (exact) mass is 344 g/mol. The van der Waals surface area contributed by atoms with Gasteiger partial charge in [0, 0.05) is 25.1 Å². The first kappa shape index (κ1) is 19.1. The van der Waals surface area contributed by atoms with Crippen molar-refractivity contribution < 1.29 is 24.2 Å². The smallest absolute Gasteiger partial charge is 0.331 e. The van der Waals surface area contributed by atoms with Crippen molar-refractivity contribution in [3.8, 4) is 5.75 Å². The van der Waals surface area contributed by atoms with E-state index in [2.05, 4.69) is 10.6 Å². The van der Waals surface area contributed by atoms with E-state index in [1.165, 1.54) is 21.1 Å². The van der Waals surface area contributed by atoms with E-state index in [0.717, 1.165) is 0 Å². The van der Waals surface area contributed by atoms with Crippen molar-refractivity contribution in [1.82, 2.24) is 5.32 Å². The van der Waals surface area contributed by atoms with E-state index in [1.807, 2.05) is 0 Å². The predicted octanol–water partition coefficient (Wildman–Crippen LogP) is 1.76. The molecule has 1 rings (SSSR count). The molecule has 23 heavy (non-hydrogen) atoms. The highest BCUT2D eigenvalue weighted by Gasteiger charge is 2.34. The Hall–Kier alpha value is -1.99. The number of halogens is 1. The lowest BCUT2D eigenvalue weighted by Crippen LogP contribution is -2.55. The Morgan fingerprint density at radius 3 is 2.61 bits per heavy atom. The first-order valence-electron chi connectivity index (χ1n) is 6.93. The molecular weight excluding hydrogens is 324 g/mol. The lowest BCUT2D eigenvalue weighted by molar-refractivity contribution is -0.149. The van der Waals surface area contributed by atoms with E-state index >= 15 is 0 Å². The van der Waals surface area contributed by atoms with Crippen LogP contribution in [0.3, 0.4) is 0 Å². The molecule has 1 aromatic rings.